The number of carbonyl (C=O) groups is 1. The van der Waals surface area contributed by atoms with E-state index in [0.717, 1.165) is 5.57 Å². The van der Waals surface area contributed by atoms with Crippen LogP contribution >= 0.6 is 0 Å². The normalized spacial score (nSPS) is 20.4. The van der Waals surface area contributed by atoms with E-state index in [4.69, 9.17) is 5.11 Å². The van der Waals surface area contributed by atoms with E-state index in [1.165, 1.54) is 32.1 Å². The maximum Gasteiger partial charge on any atom is 0.331 e. The summed E-state index contributed by atoms with van der Waals surface area (Å²) in [6, 6.07) is 0. The summed E-state index contributed by atoms with van der Waals surface area (Å²) in [6.45, 7) is 3.93. The van der Waals surface area contributed by atoms with Crippen molar-refractivity contribution >= 4 is 5.97 Å². The first-order chi connectivity index (χ1) is 6.66. The average Bonchev–Trinajstić information content (AvgIpc) is 2.19. The number of hydrogen-bond donors (Lipinski definition) is 1. The molecule has 14 heavy (non-hydrogen) atoms. The minimum Gasteiger partial charge on any atom is -0.478 e. The van der Waals surface area contributed by atoms with E-state index < -0.39 is 5.97 Å². The Labute approximate surface area is 86.0 Å². The smallest absolute Gasteiger partial charge is 0.331 e. The fourth-order valence-electron chi connectivity index (χ4n) is 2.38. The van der Waals surface area contributed by atoms with Crippen LogP contribution in [-0.2, 0) is 4.79 Å². The molecule has 1 rings (SSSR count). The molecule has 2 nitrogen and oxygen atoms in total. The van der Waals surface area contributed by atoms with Gasteiger partial charge in [0, 0.05) is 5.57 Å². The van der Waals surface area contributed by atoms with Gasteiger partial charge in [0.1, 0.15) is 0 Å². The minimum absolute atomic E-state index is 0.537. The minimum atomic E-state index is -0.726. The summed E-state index contributed by atoms with van der Waals surface area (Å²) < 4.78 is 0. The molecule has 0 unspecified atom stereocenters. The Kier molecular flexibility index (Phi) is 4.18. The number of rotatable bonds is 3. The number of aliphatic carboxylic acids is 1. The molecule has 0 saturated heterocycles. The summed E-state index contributed by atoms with van der Waals surface area (Å²) in [7, 11) is 0. The number of carboxylic acid groups (broad SMARTS) is 1. The van der Waals surface area contributed by atoms with Crippen LogP contribution < -0.4 is 0 Å². The third-order valence-corrected chi connectivity index (χ3v) is 3.31. The van der Waals surface area contributed by atoms with Gasteiger partial charge in [-0.15, -0.1) is 0 Å². The van der Waals surface area contributed by atoms with Crippen molar-refractivity contribution in [3.8, 4) is 0 Å². The highest BCUT2D eigenvalue weighted by Crippen LogP contribution is 2.31. The fraction of sp³-hybridized carbons (Fsp3) is 0.750. The zero-order chi connectivity index (χ0) is 10.6. The van der Waals surface area contributed by atoms with Crippen LogP contribution in [0.25, 0.3) is 0 Å². The third kappa shape index (κ3) is 2.60. The molecule has 0 amide bonds. The van der Waals surface area contributed by atoms with Gasteiger partial charge >= 0.3 is 5.97 Å². The van der Waals surface area contributed by atoms with Crippen LogP contribution in [0.3, 0.4) is 0 Å². The molecule has 0 radical (unpaired) electrons. The predicted octanol–water partition coefficient (Wildman–Crippen LogP) is 3.38. The van der Waals surface area contributed by atoms with Gasteiger partial charge in [-0.2, -0.15) is 0 Å². The second-order valence-corrected chi connectivity index (χ2v) is 4.16. The first-order valence-corrected chi connectivity index (χ1v) is 5.59. The standard InChI is InChI=1S/C12H20O2/c1-3-11(12(13)14)9(2)10-7-5-4-6-8-10/h10H,3-8H2,1-2H3,(H,13,14). The van der Waals surface area contributed by atoms with Crippen LogP contribution in [0.15, 0.2) is 11.1 Å². The van der Waals surface area contributed by atoms with Gasteiger partial charge < -0.3 is 5.11 Å². The van der Waals surface area contributed by atoms with Gasteiger partial charge in [-0.3, -0.25) is 0 Å². The van der Waals surface area contributed by atoms with E-state index in [2.05, 4.69) is 0 Å². The summed E-state index contributed by atoms with van der Waals surface area (Å²) in [5.74, 6) is -0.189. The lowest BCUT2D eigenvalue weighted by atomic mass is 9.82. The molecule has 1 aliphatic rings. The van der Waals surface area contributed by atoms with Crippen molar-refractivity contribution in [2.45, 2.75) is 52.4 Å². The summed E-state index contributed by atoms with van der Waals surface area (Å²) in [5.41, 5.74) is 1.76. The average molecular weight is 196 g/mol. The van der Waals surface area contributed by atoms with Gasteiger partial charge in [-0.1, -0.05) is 31.8 Å². The summed E-state index contributed by atoms with van der Waals surface area (Å²) in [5, 5.41) is 9.02. The molecule has 1 fully saturated rings. The van der Waals surface area contributed by atoms with Gasteiger partial charge in [-0.25, -0.2) is 4.79 Å². The maximum atomic E-state index is 11.0. The molecule has 1 aliphatic carbocycles. The Bertz CT molecular complexity index is 235. The molecule has 0 heterocycles. The first-order valence-electron chi connectivity index (χ1n) is 5.59. The molecule has 0 aromatic carbocycles. The molecule has 0 aliphatic heterocycles. The van der Waals surface area contributed by atoms with Gasteiger partial charge in [0.15, 0.2) is 0 Å². The second-order valence-electron chi connectivity index (χ2n) is 4.16. The largest absolute Gasteiger partial charge is 0.478 e. The van der Waals surface area contributed by atoms with Crippen LogP contribution in [0, 0.1) is 5.92 Å². The zero-order valence-electron chi connectivity index (χ0n) is 9.18. The fourth-order valence-corrected chi connectivity index (χ4v) is 2.38. The van der Waals surface area contributed by atoms with Gasteiger partial charge in [0.05, 0.1) is 0 Å². The third-order valence-electron chi connectivity index (χ3n) is 3.31. The van der Waals surface area contributed by atoms with Crippen molar-refractivity contribution in [1.29, 1.82) is 0 Å². The van der Waals surface area contributed by atoms with Gasteiger partial charge in [-0.05, 0) is 32.1 Å². The maximum absolute atomic E-state index is 11.0. The molecular formula is C12H20O2. The Balaban J connectivity index is 2.76. The molecule has 80 valence electrons. The van der Waals surface area contributed by atoms with Crippen LogP contribution in [0.2, 0.25) is 0 Å². The lowest BCUT2D eigenvalue weighted by Crippen LogP contribution is -2.12. The van der Waals surface area contributed by atoms with Crippen molar-refractivity contribution in [3.63, 3.8) is 0 Å². The molecule has 1 saturated carbocycles. The lowest BCUT2D eigenvalue weighted by molar-refractivity contribution is -0.132. The molecule has 0 aromatic rings. The number of hydrogen-bond acceptors (Lipinski definition) is 1. The first kappa shape index (κ1) is 11.3. The van der Waals surface area contributed by atoms with E-state index in [1.54, 1.807) is 0 Å². The van der Waals surface area contributed by atoms with Crippen molar-refractivity contribution < 1.29 is 9.90 Å². The molecular weight excluding hydrogens is 176 g/mol. The molecule has 1 N–H and O–H groups in total. The van der Waals surface area contributed by atoms with Crippen molar-refractivity contribution in [3.05, 3.63) is 11.1 Å². The van der Waals surface area contributed by atoms with E-state index in [-0.39, 0.29) is 0 Å². The molecule has 2 heteroatoms. The molecule has 0 bridgehead atoms. The molecule has 0 atom stereocenters. The Hall–Kier alpha value is -0.790. The molecule has 0 spiro atoms. The lowest BCUT2D eigenvalue weighted by Gasteiger charge is -2.23. The Morgan fingerprint density at radius 2 is 1.86 bits per heavy atom. The molecule has 0 aromatic heterocycles. The number of carboxylic acids is 1. The van der Waals surface area contributed by atoms with E-state index in [9.17, 15) is 4.79 Å². The summed E-state index contributed by atoms with van der Waals surface area (Å²) >= 11 is 0. The second kappa shape index (κ2) is 5.18. The van der Waals surface area contributed by atoms with Crippen molar-refractivity contribution in [2.75, 3.05) is 0 Å². The van der Waals surface area contributed by atoms with Gasteiger partial charge in [0.25, 0.3) is 0 Å². The topological polar surface area (TPSA) is 37.3 Å². The Morgan fingerprint density at radius 3 is 2.29 bits per heavy atom. The van der Waals surface area contributed by atoms with E-state index in [1.807, 2.05) is 13.8 Å². The van der Waals surface area contributed by atoms with Crippen LogP contribution in [0.5, 0.6) is 0 Å². The quantitative estimate of drug-likeness (QED) is 0.702. The zero-order valence-corrected chi connectivity index (χ0v) is 9.18. The summed E-state index contributed by atoms with van der Waals surface area (Å²) in [4.78, 5) is 11.0. The van der Waals surface area contributed by atoms with Gasteiger partial charge in [0.2, 0.25) is 0 Å². The highest BCUT2D eigenvalue weighted by Gasteiger charge is 2.19. The van der Waals surface area contributed by atoms with E-state index in [0.29, 0.717) is 17.9 Å². The Morgan fingerprint density at radius 1 is 1.29 bits per heavy atom. The van der Waals surface area contributed by atoms with Crippen molar-refractivity contribution in [2.24, 2.45) is 5.92 Å². The predicted molar refractivity (Wildman–Crippen MR) is 57.2 cm³/mol. The van der Waals surface area contributed by atoms with Crippen LogP contribution in [0.4, 0.5) is 0 Å². The SMILES string of the molecule is CCC(C(=O)O)=C(C)C1CCCCC1. The van der Waals surface area contributed by atoms with E-state index >= 15 is 0 Å². The highest BCUT2D eigenvalue weighted by atomic mass is 16.4. The van der Waals surface area contributed by atoms with Crippen LogP contribution in [-0.4, -0.2) is 11.1 Å². The van der Waals surface area contributed by atoms with Crippen molar-refractivity contribution in [1.82, 2.24) is 0 Å². The highest BCUT2D eigenvalue weighted by molar-refractivity contribution is 5.87. The monoisotopic (exact) mass is 196 g/mol. The summed E-state index contributed by atoms with van der Waals surface area (Å²) in [6.07, 6.45) is 6.86. The number of allylic oxidation sites excluding steroid dienone is 1. The van der Waals surface area contributed by atoms with Crippen LogP contribution in [0.1, 0.15) is 52.4 Å².